The molecule has 2 aliphatic rings. The molecular weight excluding hydrogens is 474 g/mol. The van der Waals surface area contributed by atoms with Crippen LogP contribution < -0.4 is 10.6 Å². The quantitative estimate of drug-likeness (QED) is 0.635. The molecule has 2 N–H and O–H groups in total. The topological polar surface area (TPSA) is 96.3 Å². The molecule has 0 bridgehead atoms. The molecule has 2 aromatic rings. The largest absolute Gasteiger partial charge is 0.351 e. The van der Waals surface area contributed by atoms with Gasteiger partial charge in [0.15, 0.2) is 5.69 Å². The number of fused-ring (bicyclic) bond motifs is 1. The Hall–Kier alpha value is -2.68. The van der Waals surface area contributed by atoms with Gasteiger partial charge in [-0.25, -0.2) is 4.98 Å². The minimum Gasteiger partial charge on any atom is -0.351 e. The predicted molar refractivity (Wildman–Crippen MR) is 123 cm³/mol. The van der Waals surface area contributed by atoms with E-state index in [9.17, 15) is 14.4 Å². The number of rotatable bonds is 6. The SMILES string of the molecule is CCN1C(=O)c2c(C(=O)NCc3cccc(Br)c3)ncn2C[C@@]1(C)C(=O)NC1CCCC1. The zero-order chi connectivity index (χ0) is 22.9. The first-order chi connectivity index (χ1) is 15.3. The lowest BCUT2D eigenvalue weighted by Crippen LogP contribution is -2.64. The van der Waals surface area contributed by atoms with Crippen LogP contribution in [0.5, 0.6) is 0 Å². The Balaban J connectivity index is 1.54. The monoisotopic (exact) mass is 501 g/mol. The number of carbonyl (C=O) groups is 3. The Morgan fingerprint density at radius 1 is 1.28 bits per heavy atom. The van der Waals surface area contributed by atoms with E-state index in [4.69, 9.17) is 0 Å². The van der Waals surface area contributed by atoms with Crippen molar-refractivity contribution in [1.82, 2.24) is 25.1 Å². The molecule has 32 heavy (non-hydrogen) atoms. The lowest BCUT2D eigenvalue weighted by molar-refractivity contribution is -0.133. The van der Waals surface area contributed by atoms with E-state index in [1.807, 2.05) is 31.2 Å². The minimum atomic E-state index is -1.04. The van der Waals surface area contributed by atoms with Crippen molar-refractivity contribution in [2.75, 3.05) is 6.54 Å². The number of halogens is 1. The van der Waals surface area contributed by atoms with Crippen LogP contribution in [0.15, 0.2) is 35.1 Å². The van der Waals surface area contributed by atoms with E-state index in [-0.39, 0.29) is 35.8 Å². The molecule has 9 heteroatoms. The van der Waals surface area contributed by atoms with Gasteiger partial charge in [0.05, 0.1) is 12.9 Å². The van der Waals surface area contributed by atoms with Crippen LogP contribution in [0.4, 0.5) is 0 Å². The molecule has 170 valence electrons. The fourth-order valence-corrected chi connectivity index (χ4v) is 5.12. The maximum absolute atomic E-state index is 13.4. The van der Waals surface area contributed by atoms with Crippen molar-refractivity contribution in [3.63, 3.8) is 0 Å². The first-order valence-electron chi connectivity index (χ1n) is 11.0. The van der Waals surface area contributed by atoms with Crippen molar-refractivity contribution >= 4 is 33.7 Å². The predicted octanol–water partition coefficient (Wildman–Crippen LogP) is 2.87. The van der Waals surface area contributed by atoms with Gasteiger partial charge < -0.3 is 20.1 Å². The van der Waals surface area contributed by atoms with Gasteiger partial charge in [-0.2, -0.15) is 0 Å². The number of carbonyl (C=O) groups excluding carboxylic acids is 3. The third kappa shape index (κ3) is 4.18. The third-order valence-corrected chi connectivity index (χ3v) is 6.91. The van der Waals surface area contributed by atoms with E-state index < -0.39 is 11.4 Å². The molecule has 1 aliphatic carbocycles. The van der Waals surface area contributed by atoms with Gasteiger partial charge >= 0.3 is 0 Å². The molecule has 0 unspecified atom stereocenters. The highest BCUT2D eigenvalue weighted by atomic mass is 79.9. The fraction of sp³-hybridized carbons (Fsp3) is 0.478. The first kappa shape index (κ1) is 22.5. The van der Waals surface area contributed by atoms with Crippen LogP contribution in [-0.4, -0.2) is 50.3 Å². The van der Waals surface area contributed by atoms with Gasteiger partial charge in [-0.3, -0.25) is 14.4 Å². The molecule has 2 heterocycles. The average Bonchev–Trinajstić information content (AvgIpc) is 3.42. The summed E-state index contributed by atoms with van der Waals surface area (Å²) >= 11 is 3.42. The molecule has 1 aliphatic heterocycles. The summed E-state index contributed by atoms with van der Waals surface area (Å²) in [7, 11) is 0. The number of amides is 3. The van der Waals surface area contributed by atoms with E-state index in [1.165, 1.54) is 6.33 Å². The second kappa shape index (κ2) is 9.05. The molecule has 0 spiro atoms. The van der Waals surface area contributed by atoms with E-state index >= 15 is 0 Å². The van der Waals surface area contributed by atoms with Crippen LogP contribution in [0.1, 0.15) is 66.1 Å². The summed E-state index contributed by atoms with van der Waals surface area (Å²) in [5.41, 5.74) is 0.205. The summed E-state index contributed by atoms with van der Waals surface area (Å²) in [5.74, 6) is -0.922. The number of aromatic nitrogens is 2. The van der Waals surface area contributed by atoms with Crippen LogP contribution in [0.3, 0.4) is 0 Å². The third-order valence-electron chi connectivity index (χ3n) is 6.41. The van der Waals surface area contributed by atoms with Gasteiger partial charge in [-0.05, 0) is 44.4 Å². The number of hydrogen-bond donors (Lipinski definition) is 2. The molecule has 1 saturated carbocycles. The summed E-state index contributed by atoms with van der Waals surface area (Å²) in [6.07, 6.45) is 5.65. The van der Waals surface area contributed by atoms with Crippen molar-refractivity contribution in [3.05, 3.63) is 52.0 Å². The van der Waals surface area contributed by atoms with Crippen molar-refractivity contribution in [2.24, 2.45) is 0 Å². The highest BCUT2D eigenvalue weighted by molar-refractivity contribution is 9.10. The number of imidazole rings is 1. The highest BCUT2D eigenvalue weighted by Gasteiger charge is 2.48. The summed E-state index contributed by atoms with van der Waals surface area (Å²) in [6, 6.07) is 7.79. The molecular formula is C23H28BrN5O3. The highest BCUT2D eigenvalue weighted by Crippen LogP contribution is 2.29. The molecule has 1 atom stereocenters. The molecule has 1 aromatic heterocycles. The Morgan fingerprint density at radius 3 is 2.72 bits per heavy atom. The van der Waals surface area contributed by atoms with Gasteiger partial charge in [0.1, 0.15) is 11.2 Å². The summed E-state index contributed by atoms with van der Waals surface area (Å²) in [5, 5.41) is 5.97. The maximum atomic E-state index is 13.4. The van der Waals surface area contributed by atoms with E-state index in [0.29, 0.717) is 13.1 Å². The Bertz CT molecular complexity index is 1050. The van der Waals surface area contributed by atoms with Crippen molar-refractivity contribution in [1.29, 1.82) is 0 Å². The normalized spacial score (nSPS) is 20.8. The zero-order valence-electron chi connectivity index (χ0n) is 18.4. The molecule has 0 radical (unpaired) electrons. The standard InChI is InChI=1S/C23H28BrN5O3/c1-3-29-21(31)19-18(20(30)25-12-15-7-6-8-16(24)11-15)26-14-28(19)13-23(29,2)22(32)27-17-9-4-5-10-17/h6-8,11,14,17H,3-5,9-10,12-13H2,1-2H3,(H,25,30)(H,27,32)/t23-/m0/s1. The van der Waals surface area contributed by atoms with Crippen molar-refractivity contribution in [3.8, 4) is 0 Å². The Kier molecular flexibility index (Phi) is 6.37. The maximum Gasteiger partial charge on any atom is 0.273 e. The van der Waals surface area contributed by atoms with Gasteiger partial charge in [0.2, 0.25) is 5.91 Å². The van der Waals surface area contributed by atoms with Crippen molar-refractivity contribution < 1.29 is 14.4 Å². The van der Waals surface area contributed by atoms with Gasteiger partial charge in [0, 0.05) is 23.6 Å². The van der Waals surface area contributed by atoms with E-state index in [2.05, 4.69) is 31.5 Å². The van der Waals surface area contributed by atoms with Gasteiger partial charge in [0.25, 0.3) is 11.8 Å². The molecule has 0 saturated heterocycles. The fourth-order valence-electron chi connectivity index (χ4n) is 4.67. The summed E-state index contributed by atoms with van der Waals surface area (Å²) in [6.45, 7) is 4.56. The van der Waals surface area contributed by atoms with Crippen LogP contribution in [0.2, 0.25) is 0 Å². The van der Waals surface area contributed by atoms with Crippen LogP contribution in [0, 0.1) is 0 Å². The Labute approximate surface area is 195 Å². The van der Waals surface area contributed by atoms with Gasteiger partial charge in [-0.1, -0.05) is 40.9 Å². The summed E-state index contributed by atoms with van der Waals surface area (Å²) in [4.78, 5) is 45.3. The van der Waals surface area contributed by atoms with Crippen LogP contribution >= 0.6 is 15.9 Å². The van der Waals surface area contributed by atoms with E-state index in [0.717, 1.165) is 35.7 Å². The first-order valence-corrected chi connectivity index (χ1v) is 11.8. The van der Waals surface area contributed by atoms with Crippen molar-refractivity contribution in [2.45, 2.75) is 64.2 Å². The number of benzene rings is 1. The molecule has 3 amide bonds. The number of likely N-dealkylation sites (N-methyl/N-ethyl adjacent to an activating group) is 1. The lowest BCUT2D eigenvalue weighted by Gasteiger charge is -2.43. The number of nitrogens with one attached hydrogen (secondary N) is 2. The smallest absolute Gasteiger partial charge is 0.273 e. The van der Waals surface area contributed by atoms with E-state index in [1.54, 1.807) is 16.4 Å². The van der Waals surface area contributed by atoms with Crippen LogP contribution in [-0.2, 0) is 17.9 Å². The Morgan fingerprint density at radius 2 is 2.03 bits per heavy atom. The molecule has 8 nitrogen and oxygen atoms in total. The molecule has 1 fully saturated rings. The average molecular weight is 502 g/mol. The molecule has 4 rings (SSSR count). The zero-order valence-corrected chi connectivity index (χ0v) is 19.9. The number of nitrogens with zero attached hydrogens (tertiary/aromatic N) is 3. The lowest BCUT2D eigenvalue weighted by atomic mass is 9.94. The second-order valence-electron chi connectivity index (χ2n) is 8.66. The summed E-state index contributed by atoms with van der Waals surface area (Å²) < 4.78 is 2.56. The number of hydrogen-bond acceptors (Lipinski definition) is 4. The van der Waals surface area contributed by atoms with Crippen LogP contribution in [0.25, 0.3) is 0 Å². The van der Waals surface area contributed by atoms with Gasteiger partial charge in [-0.15, -0.1) is 0 Å². The minimum absolute atomic E-state index is 0.0849. The second-order valence-corrected chi connectivity index (χ2v) is 9.58. The molecule has 1 aromatic carbocycles.